The van der Waals surface area contributed by atoms with Gasteiger partial charge in [-0.2, -0.15) is 12.6 Å². The predicted octanol–water partition coefficient (Wildman–Crippen LogP) is 1.54. The molecule has 0 aliphatic carbocycles. The molecule has 0 saturated heterocycles. The van der Waals surface area contributed by atoms with Gasteiger partial charge in [0.2, 0.25) is 5.91 Å². The number of para-hydroxylation sites is 1. The van der Waals surface area contributed by atoms with Crippen LogP contribution in [-0.2, 0) is 4.79 Å². The lowest BCUT2D eigenvalue weighted by molar-refractivity contribution is -0.116. The van der Waals surface area contributed by atoms with E-state index in [9.17, 15) is 4.79 Å². The summed E-state index contributed by atoms with van der Waals surface area (Å²) >= 11 is 9.77. The summed E-state index contributed by atoms with van der Waals surface area (Å²) in [5.41, 5.74) is 6.05. The van der Waals surface area contributed by atoms with E-state index in [4.69, 9.17) is 17.3 Å². The van der Waals surface area contributed by atoms with E-state index in [0.717, 1.165) is 0 Å². The van der Waals surface area contributed by atoms with Gasteiger partial charge < -0.3 is 11.1 Å². The molecule has 0 radical (unpaired) electrons. The molecule has 0 heterocycles. The maximum Gasteiger partial charge on any atom is 0.242 e. The maximum absolute atomic E-state index is 11.4. The van der Waals surface area contributed by atoms with Crippen LogP contribution in [0.4, 0.5) is 5.69 Å². The molecule has 0 bridgehead atoms. The van der Waals surface area contributed by atoms with Gasteiger partial charge in [0.05, 0.1) is 16.8 Å². The number of carbonyl (C=O) groups excluding carboxylic acids is 1. The fraction of sp³-hybridized carbons (Fsp3) is 0.222. The smallest absolute Gasteiger partial charge is 0.242 e. The largest absolute Gasteiger partial charge is 0.323 e. The molecule has 0 aromatic heterocycles. The van der Waals surface area contributed by atoms with Crippen LogP contribution < -0.4 is 11.1 Å². The third kappa shape index (κ3) is 2.90. The summed E-state index contributed by atoms with van der Waals surface area (Å²) in [6, 6.07) is 6.37. The van der Waals surface area contributed by atoms with Gasteiger partial charge in [-0.25, -0.2) is 0 Å². The van der Waals surface area contributed by atoms with E-state index in [1.165, 1.54) is 0 Å². The number of anilines is 1. The Hall–Kier alpha value is -0.710. The molecule has 0 fully saturated rings. The summed E-state index contributed by atoms with van der Waals surface area (Å²) in [6.07, 6.45) is 0. The minimum atomic E-state index is -0.616. The van der Waals surface area contributed by atoms with Crippen LogP contribution in [0.2, 0.25) is 5.02 Å². The van der Waals surface area contributed by atoms with E-state index in [1.807, 2.05) is 0 Å². The highest BCUT2D eigenvalue weighted by atomic mass is 35.5. The molecular weight excluding hydrogens is 220 g/mol. The van der Waals surface area contributed by atoms with E-state index < -0.39 is 6.04 Å². The number of benzene rings is 1. The van der Waals surface area contributed by atoms with Crippen molar-refractivity contribution in [2.75, 3.05) is 11.1 Å². The molecule has 0 spiro atoms. The Morgan fingerprint density at radius 1 is 1.57 bits per heavy atom. The van der Waals surface area contributed by atoms with Crippen LogP contribution in [0.5, 0.6) is 0 Å². The van der Waals surface area contributed by atoms with E-state index in [2.05, 4.69) is 17.9 Å². The molecule has 1 amide bonds. The SMILES string of the molecule is NC(CS)C(=O)Nc1ccccc1Cl. The van der Waals surface area contributed by atoms with Crippen molar-refractivity contribution in [1.29, 1.82) is 0 Å². The molecule has 3 N–H and O–H groups in total. The lowest BCUT2D eigenvalue weighted by Crippen LogP contribution is -2.37. The van der Waals surface area contributed by atoms with Gasteiger partial charge >= 0.3 is 0 Å². The second-order valence-corrected chi connectivity index (χ2v) is 3.53. The van der Waals surface area contributed by atoms with E-state index in [0.29, 0.717) is 16.5 Å². The second kappa shape index (κ2) is 5.24. The first-order valence-corrected chi connectivity index (χ1v) is 5.08. The minimum absolute atomic E-state index is 0.284. The lowest BCUT2D eigenvalue weighted by atomic mass is 10.3. The molecule has 76 valence electrons. The number of thiol groups is 1. The number of rotatable bonds is 3. The van der Waals surface area contributed by atoms with E-state index in [1.54, 1.807) is 24.3 Å². The monoisotopic (exact) mass is 230 g/mol. The lowest BCUT2D eigenvalue weighted by Gasteiger charge is -2.10. The van der Waals surface area contributed by atoms with Crippen molar-refractivity contribution in [3.05, 3.63) is 29.3 Å². The average Bonchev–Trinajstić information content (AvgIpc) is 2.20. The summed E-state index contributed by atoms with van der Waals surface area (Å²) < 4.78 is 0. The summed E-state index contributed by atoms with van der Waals surface area (Å²) in [5, 5.41) is 3.11. The highest BCUT2D eigenvalue weighted by molar-refractivity contribution is 7.80. The van der Waals surface area contributed by atoms with Crippen LogP contribution in [0.25, 0.3) is 0 Å². The fourth-order valence-electron chi connectivity index (χ4n) is 0.871. The number of amides is 1. The van der Waals surface area contributed by atoms with Gasteiger partial charge in [0.15, 0.2) is 0 Å². The standard InChI is InChI=1S/C9H11ClN2OS/c10-6-3-1-2-4-8(6)12-9(13)7(11)5-14/h1-4,7,14H,5,11H2,(H,12,13). The number of nitrogens with one attached hydrogen (secondary N) is 1. The first kappa shape index (κ1) is 11.4. The minimum Gasteiger partial charge on any atom is -0.323 e. The first-order chi connectivity index (χ1) is 6.65. The van der Waals surface area contributed by atoms with Crippen LogP contribution in [0, 0.1) is 0 Å². The zero-order chi connectivity index (χ0) is 10.6. The van der Waals surface area contributed by atoms with Crippen molar-refractivity contribution in [2.45, 2.75) is 6.04 Å². The molecule has 0 saturated carbocycles. The third-order valence-electron chi connectivity index (χ3n) is 1.67. The molecule has 14 heavy (non-hydrogen) atoms. The van der Waals surface area contributed by atoms with E-state index >= 15 is 0 Å². The van der Waals surface area contributed by atoms with Crippen LogP contribution in [-0.4, -0.2) is 17.7 Å². The second-order valence-electron chi connectivity index (χ2n) is 2.76. The van der Waals surface area contributed by atoms with Gasteiger partial charge in [-0.1, -0.05) is 23.7 Å². The molecule has 0 aliphatic rings. The van der Waals surface area contributed by atoms with Gasteiger partial charge in [-0.05, 0) is 12.1 Å². The van der Waals surface area contributed by atoms with Gasteiger partial charge in [0.1, 0.15) is 0 Å². The fourth-order valence-corrected chi connectivity index (χ4v) is 1.22. The number of hydrogen-bond donors (Lipinski definition) is 3. The van der Waals surface area contributed by atoms with Crippen LogP contribution in [0.1, 0.15) is 0 Å². The Balaban J connectivity index is 2.70. The topological polar surface area (TPSA) is 55.1 Å². The average molecular weight is 231 g/mol. The highest BCUT2D eigenvalue weighted by Gasteiger charge is 2.12. The molecule has 0 aliphatic heterocycles. The van der Waals surface area contributed by atoms with Gasteiger partial charge in [-0.15, -0.1) is 0 Å². The number of halogens is 1. The molecule has 1 aromatic rings. The third-order valence-corrected chi connectivity index (χ3v) is 2.39. The zero-order valence-corrected chi connectivity index (χ0v) is 9.05. The Kier molecular flexibility index (Phi) is 4.25. The van der Waals surface area contributed by atoms with Crippen molar-refractivity contribution in [2.24, 2.45) is 5.73 Å². The highest BCUT2D eigenvalue weighted by Crippen LogP contribution is 2.20. The number of carbonyl (C=O) groups is 1. The van der Waals surface area contributed by atoms with Crippen molar-refractivity contribution in [1.82, 2.24) is 0 Å². The van der Waals surface area contributed by atoms with Gasteiger partial charge in [-0.3, -0.25) is 4.79 Å². The predicted molar refractivity (Wildman–Crippen MR) is 61.9 cm³/mol. The van der Waals surface area contributed by atoms with Crippen LogP contribution >= 0.6 is 24.2 Å². The van der Waals surface area contributed by atoms with E-state index in [-0.39, 0.29) is 5.91 Å². The van der Waals surface area contributed by atoms with Crippen molar-refractivity contribution >= 4 is 35.8 Å². The zero-order valence-electron chi connectivity index (χ0n) is 7.40. The maximum atomic E-state index is 11.4. The first-order valence-electron chi connectivity index (χ1n) is 4.07. The Labute approximate surface area is 93.0 Å². The summed E-state index contributed by atoms with van der Waals surface area (Å²) in [7, 11) is 0. The molecule has 5 heteroatoms. The summed E-state index contributed by atoms with van der Waals surface area (Å²) in [5.74, 6) is 0.0177. The van der Waals surface area contributed by atoms with Crippen molar-refractivity contribution in [3.8, 4) is 0 Å². The Morgan fingerprint density at radius 3 is 2.79 bits per heavy atom. The summed E-state index contributed by atoms with van der Waals surface area (Å²) in [6.45, 7) is 0. The molecule has 1 rings (SSSR count). The Morgan fingerprint density at radius 2 is 2.21 bits per heavy atom. The van der Waals surface area contributed by atoms with Gasteiger partial charge in [0, 0.05) is 5.75 Å². The Bertz CT molecular complexity index is 332. The molecule has 1 aromatic carbocycles. The van der Waals surface area contributed by atoms with Crippen LogP contribution in [0.3, 0.4) is 0 Å². The van der Waals surface area contributed by atoms with Crippen molar-refractivity contribution < 1.29 is 4.79 Å². The number of nitrogens with two attached hydrogens (primary N) is 1. The molecule has 1 unspecified atom stereocenters. The van der Waals surface area contributed by atoms with Gasteiger partial charge in [0.25, 0.3) is 0 Å². The van der Waals surface area contributed by atoms with Crippen molar-refractivity contribution in [3.63, 3.8) is 0 Å². The molecule has 3 nitrogen and oxygen atoms in total. The quantitative estimate of drug-likeness (QED) is 0.690. The molecular formula is C9H11ClN2OS. The molecule has 1 atom stereocenters. The normalized spacial score (nSPS) is 12.2. The summed E-state index contributed by atoms with van der Waals surface area (Å²) in [4.78, 5) is 11.4. The van der Waals surface area contributed by atoms with Crippen LogP contribution in [0.15, 0.2) is 24.3 Å². The number of hydrogen-bond acceptors (Lipinski definition) is 3.